The Kier molecular flexibility index (Phi) is 4.08. The largest absolute Gasteiger partial charge is 0.357 e. The van der Waals surface area contributed by atoms with Gasteiger partial charge in [0.25, 0.3) is 0 Å². The lowest BCUT2D eigenvalue weighted by atomic mass is 9.98. The number of aryl methyl sites for hydroxylation is 1. The van der Waals surface area contributed by atoms with E-state index in [9.17, 15) is 8.78 Å². The third kappa shape index (κ3) is 2.63. The number of hydrogen-bond acceptors (Lipinski definition) is 1. The molecule has 2 nitrogen and oxygen atoms in total. The lowest BCUT2D eigenvalue weighted by molar-refractivity contribution is 0.453. The molecule has 4 rings (SSSR count). The minimum Gasteiger partial charge on any atom is -0.357 e. The summed E-state index contributed by atoms with van der Waals surface area (Å²) in [5.41, 5.74) is 3.14. The SMILES string of the molecule is CC1CCc2c([nH]c3ccccc23)C(c2c(F)cc(I)cc2F)N1. The molecule has 2 unspecified atom stereocenters. The summed E-state index contributed by atoms with van der Waals surface area (Å²) in [5, 5.41) is 4.54. The molecule has 2 heterocycles. The summed E-state index contributed by atoms with van der Waals surface area (Å²) in [4.78, 5) is 3.40. The van der Waals surface area contributed by atoms with Gasteiger partial charge in [-0.15, -0.1) is 0 Å². The summed E-state index contributed by atoms with van der Waals surface area (Å²) in [6.07, 6.45) is 1.82. The third-order valence-electron chi connectivity index (χ3n) is 4.75. The van der Waals surface area contributed by atoms with Crippen LogP contribution >= 0.6 is 22.6 Å². The van der Waals surface area contributed by atoms with Crippen LogP contribution in [-0.4, -0.2) is 11.0 Å². The van der Waals surface area contributed by atoms with E-state index >= 15 is 0 Å². The van der Waals surface area contributed by atoms with Crippen LogP contribution in [0, 0.1) is 15.2 Å². The monoisotopic (exact) mass is 438 g/mol. The molecule has 1 aliphatic heterocycles. The topological polar surface area (TPSA) is 27.8 Å². The predicted octanol–water partition coefficient (Wildman–Crippen LogP) is 5.06. The van der Waals surface area contributed by atoms with Crippen molar-refractivity contribution in [1.82, 2.24) is 10.3 Å². The van der Waals surface area contributed by atoms with Crippen LogP contribution in [0.4, 0.5) is 8.78 Å². The smallest absolute Gasteiger partial charge is 0.132 e. The van der Waals surface area contributed by atoms with Crippen molar-refractivity contribution in [3.63, 3.8) is 0 Å². The predicted molar refractivity (Wildman–Crippen MR) is 100 cm³/mol. The number of nitrogens with one attached hydrogen (secondary N) is 2. The van der Waals surface area contributed by atoms with Crippen molar-refractivity contribution in [1.29, 1.82) is 0 Å². The van der Waals surface area contributed by atoms with Crippen LogP contribution < -0.4 is 5.32 Å². The minimum absolute atomic E-state index is 0.0944. The first-order chi connectivity index (χ1) is 11.5. The average Bonchev–Trinajstić information content (AvgIpc) is 2.81. The first kappa shape index (κ1) is 16.0. The Bertz CT molecular complexity index is 896. The molecular weight excluding hydrogens is 421 g/mol. The van der Waals surface area contributed by atoms with E-state index in [4.69, 9.17) is 0 Å². The Labute approximate surface area is 152 Å². The molecule has 5 heteroatoms. The Morgan fingerprint density at radius 2 is 1.83 bits per heavy atom. The van der Waals surface area contributed by atoms with Gasteiger partial charge in [-0.25, -0.2) is 8.78 Å². The maximum atomic E-state index is 14.6. The van der Waals surface area contributed by atoms with Gasteiger partial charge in [0.05, 0.1) is 6.04 Å². The second-order valence-electron chi connectivity index (χ2n) is 6.39. The summed E-state index contributed by atoms with van der Waals surface area (Å²) in [7, 11) is 0. The summed E-state index contributed by atoms with van der Waals surface area (Å²) in [6.45, 7) is 2.06. The second-order valence-corrected chi connectivity index (χ2v) is 7.63. The Morgan fingerprint density at radius 3 is 2.58 bits per heavy atom. The van der Waals surface area contributed by atoms with Crippen LogP contribution in [-0.2, 0) is 6.42 Å². The standard InChI is InChI=1S/C19H17F2IN2/c1-10-6-7-13-12-4-2-3-5-16(12)24-18(13)19(23-10)17-14(20)8-11(22)9-15(17)21/h2-5,8-10,19,23-24H,6-7H2,1H3. The van der Waals surface area contributed by atoms with Gasteiger partial charge in [0, 0.05) is 31.8 Å². The van der Waals surface area contributed by atoms with Gasteiger partial charge in [-0.2, -0.15) is 0 Å². The Hall–Kier alpha value is -1.47. The molecule has 0 saturated carbocycles. The van der Waals surface area contributed by atoms with Crippen molar-refractivity contribution in [3.8, 4) is 0 Å². The zero-order chi connectivity index (χ0) is 16.8. The van der Waals surface area contributed by atoms with Gasteiger partial charge in [0.2, 0.25) is 0 Å². The number of hydrogen-bond donors (Lipinski definition) is 2. The second kappa shape index (κ2) is 6.11. The highest BCUT2D eigenvalue weighted by molar-refractivity contribution is 14.1. The summed E-state index contributed by atoms with van der Waals surface area (Å²) in [6, 6.07) is 10.5. The summed E-state index contributed by atoms with van der Waals surface area (Å²) >= 11 is 1.93. The van der Waals surface area contributed by atoms with Gasteiger partial charge < -0.3 is 10.3 Å². The molecule has 124 valence electrons. The van der Waals surface area contributed by atoms with Crippen LogP contribution in [0.2, 0.25) is 0 Å². The molecule has 2 atom stereocenters. The van der Waals surface area contributed by atoms with Crippen LogP contribution in [0.1, 0.15) is 36.2 Å². The van der Waals surface area contributed by atoms with Gasteiger partial charge in [-0.05, 0) is 66.1 Å². The fraction of sp³-hybridized carbons (Fsp3) is 0.263. The van der Waals surface area contributed by atoms with Gasteiger partial charge in [-0.3, -0.25) is 0 Å². The number of halogens is 3. The van der Waals surface area contributed by atoms with Crippen molar-refractivity contribution < 1.29 is 8.78 Å². The molecule has 0 radical (unpaired) electrons. The van der Waals surface area contributed by atoms with Crippen molar-refractivity contribution in [2.45, 2.75) is 31.8 Å². The molecule has 0 aliphatic carbocycles. The molecule has 0 saturated heterocycles. The first-order valence-corrected chi connectivity index (χ1v) is 9.12. The minimum atomic E-state index is -0.512. The van der Waals surface area contributed by atoms with E-state index in [0.717, 1.165) is 35.0 Å². The van der Waals surface area contributed by atoms with Crippen LogP contribution in [0.5, 0.6) is 0 Å². The quantitative estimate of drug-likeness (QED) is 0.511. The van der Waals surface area contributed by atoms with Crippen molar-refractivity contribution >= 4 is 33.5 Å². The lowest BCUT2D eigenvalue weighted by Gasteiger charge is -2.22. The number of benzene rings is 2. The van der Waals surface area contributed by atoms with Crippen molar-refractivity contribution in [2.24, 2.45) is 0 Å². The van der Waals surface area contributed by atoms with E-state index in [2.05, 4.69) is 23.3 Å². The molecule has 1 aliphatic rings. The van der Waals surface area contributed by atoms with Gasteiger partial charge in [-0.1, -0.05) is 18.2 Å². The maximum absolute atomic E-state index is 14.6. The zero-order valence-corrected chi connectivity index (χ0v) is 15.3. The molecule has 0 spiro atoms. The van der Waals surface area contributed by atoms with E-state index in [0.29, 0.717) is 3.57 Å². The van der Waals surface area contributed by atoms with E-state index in [1.807, 2.05) is 40.8 Å². The van der Waals surface area contributed by atoms with Gasteiger partial charge in [0.15, 0.2) is 0 Å². The lowest BCUT2D eigenvalue weighted by Crippen LogP contribution is -2.31. The van der Waals surface area contributed by atoms with Crippen molar-refractivity contribution in [2.75, 3.05) is 0 Å². The van der Waals surface area contributed by atoms with Crippen LogP contribution in [0.3, 0.4) is 0 Å². The number of para-hydroxylation sites is 1. The molecule has 0 fully saturated rings. The molecule has 24 heavy (non-hydrogen) atoms. The molecule has 2 aromatic carbocycles. The number of aromatic nitrogens is 1. The maximum Gasteiger partial charge on any atom is 0.132 e. The number of rotatable bonds is 1. The first-order valence-electron chi connectivity index (χ1n) is 8.04. The summed E-state index contributed by atoms with van der Waals surface area (Å²) in [5.74, 6) is -1.01. The number of aromatic amines is 1. The van der Waals surface area contributed by atoms with Gasteiger partial charge in [0.1, 0.15) is 11.6 Å². The van der Waals surface area contributed by atoms with E-state index in [1.54, 1.807) is 0 Å². The fourth-order valence-corrected chi connectivity index (χ4v) is 4.15. The number of fused-ring (bicyclic) bond motifs is 3. The molecule has 3 aromatic rings. The van der Waals surface area contributed by atoms with E-state index in [1.165, 1.54) is 12.1 Å². The van der Waals surface area contributed by atoms with Crippen LogP contribution in [0.25, 0.3) is 10.9 Å². The average molecular weight is 438 g/mol. The van der Waals surface area contributed by atoms with Gasteiger partial charge >= 0.3 is 0 Å². The molecule has 0 amide bonds. The van der Waals surface area contributed by atoms with Crippen molar-refractivity contribution in [3.05, 3.63) is 68.4 Å². The number of H-pyrrole nitrogens is 1. The zero-order valence-electron chi connectivity index (χ0n) is 13.2. The molecule has 1 aromatic heterocycles. The van der Waals surface area contributed by atoms with E-state index < -0.39 is 17.7 Å². The third-order valence-corrected chi connectivity index (χ3v) is 5.37. The highest BCUT2D eigenvalue weighted by Gasteiger charge is 2.30. The highest BCUT2D eigenvalue weighted by atomic mass is 127. The fourth-order valence-electron chi connectivity index (χ4n) is 3.61. The summed E-state index contributed by atoms with van der Waals surface area (Å²) < 4.78 is 29.8. The molecule has 0 bridgehead atoms. The molecule has 2 N–H and O–H groups in total. The Morgan fingerprint density at radius 1 is 1.12 bits per heavy atom. The normalized spacial score (nSPS) is 20.8. The Balaban J connectivity index is 1.96. The highest BCUT2D eigenvalue weighted by Crippen LogP contribution is 2.36. The molecular formula is C19H17F2IN2. The van der Waals surface area contributed by atoms with E-state index in [-0.39, 0.29) is 11.6 Å². The van der Waals surface area contributed by atoms with Crippen LogP contribution in [0.15, 0.2) is 36.4 Å².